The third kappa shape index (κ3) is 7.37. The van der Waals surface area contributed by atoms with E-state index in [2.05, 4.69) is 20.7 Å². The Balaban J connectivity index is 1.47. The number of carbonyl (C=O) groups is 3. The third-order valence-electron chi connectivity index (χ3n) is 6.19. The van der Waals surface area contributed by atoms with Crippen LogP contribution in [-0.2, 0) is 14.3 Å². The number of morpholine rings is 1. The van der Waals surface area contributed by atoms with Crippen molar-refractivity contribution in [3.63, 3.8) is 0 Å². The van der Waals surface area contributed by atoms with Crippen molar-refractivity contribution < 1.29 is 32.6 Å². The molecule has 0 bridgehead atoms. The number of nitrogens with zero attached hydrogens (tertiary/aromatic N) is 1. The van der Waals surface area contributed by atoms with Crippen molar-refractivity contribution in [1.82, 2.24) is 10.6 Å². The van der Waals surface area contributed by atoms with E-state index >= 15 is 0 Å². The van der Waals surface area contributed by atoms with Gasteiger partial charge in [0.15, 0.2) is 5.75 Å². The first-order valence-corrected chi connectivity index (χ1v) is 13.0. The molecule has 1 saturated heterocycles. The smallest absolute Gasteiger partial charge is 0.387 e. The number of hydrogen-bond acceptors (Lipinski definition) is 7. The molecule has 1 aromatic heterocycles. The van der Waals surface area contributed by atoms with Gasteiger partial charge in [0.1, 0.15) is 12.6 Å². The molecule has 2 aliphatic rings. The number of amides is 3. The molecular weight excluding hydrogens is 530 g/mol. The molecule has 1 atom stereocenters. The largest absolute Gasteiger partial charge is 0.433 e. The molecule has 3 N–H and O–H groups in total. The molecule has 2 aromatic rings. The summed E-state index contributed by atoms with van der Waals surface area (Å²) in [4.78, 5) is 39.6. The molecule has 1 saturated carbocycles. The van der Waals surface area contributed by atoms with Crippen molar-refractivity contribution in [2.24, 2.45) is 5.92 Å². The van der Waals surface area contributed by atoms with Gasteiger partial charge in [-0.05, 0) is 49.6 Å². The van der Waals surface area contributed by atoms with Crippen molar-refractivity contribution in [3.05, 3.63) is 39.5 Å². The highest BCUT2D eigenvalue weighted by atomic mass is 35.5. The van der Waals surface area contributed by atoms with E-state index in [4.69, 9.17) is 16.3 Å². The first-order chi connectivity index (χ1) is 17.8. The lowest BCUT2D eigenvalue weighted by Crippen LogP contribution is -2.50. The van der Waals surface area contributed by atoms with Gasteiger partial charge in [-0.25, -0.2) is 0 Å². The minimum atomic E-state index is -3.14. The van der Waals surface area contributed by atoms with E-state index in [-0.39, 0.29) is 42.9 Å². The zero-order valence-electron chi connectivity index (χ0n) is 19.8. The van der Waals surface area contributed by atoms with E-state index < -0.39 is 18.6 Å². The van der Waals surface area contributed by atoms with Crippen LogP contribution in [-0.4, -0.2) is 63.2 Å². The zero-order valence-corrected chi connectivity index (χ0v) is 21.4. The molecule has 9 nitrogen and oxygen atoms in total. The lowest BCUT2D eigenvalue weighted by molar-refractivity contribution is -0.125. The highest BCUT2D eigenvalue weighted by Gasteiger charge is 2.26. The molecule has 37 heavy (non-hydrogen) atoms. The van der Waals surface area contributed by atoms with E-state index in [9.17, 15) is 23.2 Å². The Morgan fingerprint density at radius 1 is 1.24 bits per heavy atom. The summed E-state index contributed by atoms with van der Waals surface area (Å²) in [6, 6.07) is 6.59. The summed E-state index contributed by atoms with van der Waals surface area (Å²) in [5.41, 5.74) is 0.366. The SMILES string of the molecule is O=C(NC[C@H](NCC1CCC1)C(=O)Nc1ccc(N2CCOCC2=O)cc1OC(F)F)c1ccc(Cl)s1. The average molecular weight is 557 g/mol. The van der Waals surface area contributed by atoms with Crippen LogP contribution in [0.5, 0.6) is 5.75 Å². The van der Waals surface area contributed by atoms with Gasteiger partial charge >= 0.3 is 6.61 Å². The number of carbonyl (C=O) groups excluding carboxylic acids is 3. The van der Waals surface area contributed by atoms with Gasteiger partial charge in [-0.15, -0.1) is 11.3 Å². The minimum absolute atomic E-state index is 0.0153. The van der Waals surface area contributed by atoms with Gasteiger partial charge in [0, 0.05) is 24.8 Å². The number of alkyl halides is 2. The van der Waals surface area contributed by atoms with Crippen LogP contribution >= 0.6 is 22.9 Å². The molecule has 0 spiro atoms. The van der Waals surface area contributed by atoms with E-state index in [1.807, 2.05) is 0 Å². The maximum absolute atomic E-state index is 13.2. The Kier molecular flexibility index (Phi) is 9.30. The Labute approximate surface area is 221 Å². The van der Waals surface area contributed by atoms with Crippen molar-refractivity contribution >= 4 is 52.0 Å². The van der Waals surface area contributed by atoms with Gasteiger partial charge in [0.05, 0.1) is 21.5 Å². The maximum Gasteiger partial charge on any atom is 0.387 e. The Morgan fingerprint density at radius 2 is 2.05 bits per heavy atom. The topological polar surface area (TPSA) is 109 Å². The van der Waals surface area contributed by atoms with Crippen LogP contribution in [0.4, 0.5) is 20.2 Å². The van der Waals surface area contributed by atoms with E-state index in [1.165, 1.54) is 23.1 Å². The molecular formula is C24H27ClF2N4O5S. The Morgan fingerprint density at radius 3 is 2.70 bits per heavy atom. The van der Waals surface area contributed by atoms with Crippen LogP contribution in [0.3, 0.4) is 0 Å². The first kappa shape index (κ1) is 27.2. The van der Waals surface area contributed by atoms with Crippen LogP contribution < -0.4 is 25.6 Å². The number of hydrogen-bond donors (Lipinski definition) is 3. The van der Waals surface area contributed by atoms with Crippen LogP contribution in [0.15, 0.2) is 30.3 Å². The second-order valence-electron chi connectivity index (χ2n) is 8.72. The van der Waals surface area contributed by atoms with Crippen LogP contribution in [0.25, 0.3) is 0 Å². The van der Waals surface area contributed by atoms with Gasteiger partial charge in [-0.2, -0.15) is 8.78 Å². The molecule has 200 valence electrons. The lowest BCUT2D eigenvalue weighted by Gasteiger charge is -2.29. The molecule has 2 heterocycles. The number of ether oxygens (including phenoxy) is 2. The summed E-state index contributed by atoms with van der Waals surface area (Å²) < 4.78 is 36.6. The van der Waals surface area contributed by atoms with Crippen molar-refractivity contribution in [1.29, 1.82) is 0 Å². The molecule has 1 aliphatic heterocycles. The third-order valence-corrected chi connectivity index (χ3v) is 7.42. The summed E-state index contributed by atoms with van der Waals surface area (Å²) in [5.74, 6) is -1.06. The van der Waals surface area contributed by atoms with E-state index in [1.54, 1.807) is 12.1 Å². The number of anilines is 2. The Bertz CT molecular complexity index is 1130. The van der Waals surface area contributed by atoms with Gasteiger partial charge in [0.25, 0.3) is 11.8 Å². The van der Waals surface area contributed by atoms with Crippen molar-refractivity contribution in [3.8, 4) is 5.75 Å². The number of benzene rings is 1. The normalized spacial score (nSPS) is 16.9. The number of rotatable bonds is 11. The molecule has 1 aliphatic carbocycles. The fourth-order valence-corrected chi connectivity index (χ4v) is 4.93. The predicted octanol–water partition coefficient (Wildman–Crippen LogP) is 3.49. The minimum Gasteiger partial charge on any atom is -0.433 e. The summed E-state index contributed by atoms with van der Waals surface area (Å²) in [7, 11) is 0. The lowest BCUT2D eigenvalue weighted by atomic mass is 9.85. The summed E-state index contributed by atoms with van der Waals surface area (Å²) >= 11 is 7.02. The van der Waals surface area contributed by atoms with E-state index in [0.717, 1.165) is 30.6 Å². The molecule has 4 rings (SSSR count). The van der Waals surface area contributed by atoms with Crippen molar-refractivity contribution in [2.45, 2.75) is 31.9 Å². The number of halogens is 3. The monoisotopic (exact) mass is 556 g/mol. The Hall–Kier alpha value is -2.80. The highest BCUT2D eigenvalue weighted by Crippen LogP contribution is 2.32. The summed E-state index contributed by atoms with van der Waals surface area (Å²) in [6.45, 7) is -2.12. The fourth-order valence-electron chi connectivity index (χ4n) is 3.97. The van der Waals surface area contributed by atoms with Gasteiger partial charge in [-0.1, -0.05) is 18.0 Å². The van der Waals surface area contributed by atoms with Crippen LogP contribution in [0, 0.1) is 5.92 Å². The fraction of sp³-hybridized carbons (Fsp3) is 0.458. The second kappa shape index (κ2) is 12.6. The van der Waals surface area contributed by atoms with Crippen LogP contribution in [0.1, 0.15) is 28.9 Å². The first-order valence-electron chi connectivity index (χ1n) is 11.8. The number of thiophene rings is 1. The highest BCUT2D eigenvalue weighted by molar-refractivity contribution is 7.18. The van der Waals surface area contributed by atoms with Gasteiger partial charge in [-0.3, -0.25) is 14.4 Å². The zero-order chi connectivity index (χ0) is 26.4. The molecule has 0 radical (unpaired) electrons. The average Bonchev–Trinajstić information content (AvgIpc) is 3.27. The van der Waals surface area contributed by atoms with Crippen LogP contribution in [0.2, 0.25) is 4.34 Å². The van der Waals surface area contributed by atoms with Crippen molar-refractivity contribution in [2.75, 3.05) is 43.1 Å². The molecule has 0 unspecified atom stereocenters. The predicted molar refractivity (Wildman–Crippen MR) is 136 cm³/mol. The number of nitrogens with one attached hydrogen (secondary N) is 3. The quantitative estimate of drug-likeness (QED) is 0.391. The molecule has 13 heteroatoms. The maximum atomic E-state index is 13.2. The van der Waals surface area contributed by atoms with Gasteiger partial charge < -0.3 is 30.3 Å². The molecule has 2 fully saturated rings. The summed E-state index contributed by atoms with van der Waals surface area (Å²) in [5, 5.41) is 8.53. The second-order valence-corrected chi connectivity index (χ2v) is 10.4. The summed E-state index contributed by atoms with van der Waals surface area (Å²) in [6.07, 6.45) is 3.23. The standard InChI is InChI=1S/C24H27ClF2N4O5S/c25-20-7-6-19(37-20)23(34)29-12-17(28-11-14-2-1-3-14)22(33)30-16-5-4-15(10-18(16)36-24(26)27)31-8-9-35-13-21(31)32/h4-7,10,14,17,24,28H,1-3,8-9,11-13H2,(H,29,34)(H,30,33)/t17-/m0/s1. The molecule has 1 aromatic carbocycles. The van der Waals surface area contributed by atoms with Gasteiger partial charge in [0.2, 0.25) is 5.91 Å². The van der Waals surface area contributed by atoms with E-state index in [0.29, 0.717) is 34.0 Å². The molecule has 3 amide bonds.